The first-order chi connectivity index (χ1) is 8.16. The van der Waals surface area contributed by atoms with Crippen LogP contribution in [0.3, 0.4) is 0 Å². The van der Waals surface area contributed by atoms with Crippen LogP contribution in [0.15, 0.2) is 34.2 Å². The lowest BCUT2D eigenvalue weighted by molar-refractivity contribution is 1.03. The highest BCUT2D eigenvalue weighted by molar-refractivity contribution is 7.80. The maximum absolute atomic E-state index is 11.3. The van der Waals surface area contributed by atoms with Gasteiger partial charge in [-0.25, -0.2) is 4.79 Å². The number of hydrazone groups is 1. The average molecular weight is 247 g/mol. The summed E-state index contributed by atoms with van der Waals surface area (Å²) in [5.74, 6) is 0. The second-order valence-corrected chi connectivity index (χ2v) is 3.65. The number of nitrogens with two attached hydrogens (primary N) is 1. The number of fused-ring (bicyclic) bond motifs is 1. The Morgan fingerprint density at radius 1 is 1.53 bits per heavy atom. The summed E-state index contributed by atoms with van der Waals surface area (Å²) in [6, 6.07) is 7.24. The van der Waals surface area contributed by atoms with E-state index in [9.17, 15) is 4.79 Å². The molecule has 0 saturated carbocycles. The number of aromatic amines is 1. The quantitative estimate of drug-likeness (QED) is 0.397. The smallest absolute Gasteiger partial charge is 0.346 e. The van der Waals surface area contributed by atoms with Crippen LogP contribution < -0.4 is 16.8 Å². The molecule has 86 valence electrons. The molecule has 0 unspecified atom stereocenters. The van der Waals surface area contributed by atoms with Crippen LogP contribution in [0.4, 0.5) is 0 Å². The normalized spacial score (nSPS) is 10.8. The Bertz CT molecular complexity index is 648. The van der Waals surface area contributed by atoms with Crippen molar-refractivity contribution in [3.63, 3.8) is 0 Å². The van der Waals surface area contributed by atoms with E-state index in [1.807, 2.05) is 18.2 Å². The van der Waals surface area contributed by atoms with E-state index in [4.69, 9.17) is 5.73 Å². The Morgan fingerprint density at radius 2 is 2.29 bits per heavy atom. The lowest BCUT2D eigenvalue weighted by Crippen LogP contribution is -2.24. The highest BCUT2D eigenvalue weighted by Gasteiger charge is 2.01. The number of nitrogens with one attached hydrogen (secondary N) is 2. The topological polar surface area (TPSA) is 96.2 Å². The lowest BCUT2D eigenvalue weighted by atomic mass is 10.2. The number of hydrogen-bond acceptors (Lipinski definition) is 4. The van der Waals surface area contributed by atoms with Crippen LogP contribution in [0.25, 0.3) is 10.9 Å². The summed E-state index contributed by atoms with van der Waals surface area (Å²) in [4.78, 5) is 17.7. The van der Waals surface area contributed by atoms with Crippen molar-refractivity contribution in [1.82, 2.24) is 15.4 Å². The number of para-hydroxylation sites is 1. The van der Waals surface area contributed by atoms with Crippen LogP contribution in [0, 0.1) is 0 Å². The van der Waals surface area contributed by atoms with Gasteiger partial charge in [-0.15, -0.1) is 0 Å². The Hall–Kier alpha value is -2.28. The van der Waals surface area contributed by atoms with Gasteiger partial charge in [-0.2, -0.15) is 10.1 Å². The van der Waals surface area contributed by atoms with Crippen molar-refractivity contribution in [3.05, 3.63) is 40.4 Å². The molecular weight excluding hydrogens is 238 g/mol. The zero-order valence-electron chi connectivity index (χ0n) is 8.68. The van der Waals surface area contributed by atoms with Crippen LogP contribution in [0.5, 0.6) is 0 Å². The van der Waals surface area contributed by atoms with E-state index >= 15 is 0 Å². The number of hydrogen-bond donors (Lipinski definition) is 3. The van der Waals surface area contributed by atoms with Crippen LogP contribution in [-0.4, -0.2) is 21.3 Å². The van der Waals surface area contributed by atoms with E-state index in [-0.39, 0.29) is 5.11 Å². The Balaban J connectivity index is 2.49. The van der Waals surface area contributed by atoms with Crippen molar-refractivity contribution in [3.8, 4) is 0 Å². The number of aromatic nitrogens is 2. The molecular formula is C10H9N5OS. The van der Waals surface area contributed by atoms with Gasteiger partial charge in [0.05, 0.1) is 17.4 Å². The minimum Gasteiger partial charge on any atom is -0.375 e. The molecule has 17 heavy (non-hydrogen) atoms. The SMILES string of the molecule is NC(=S)NN=Cc1[nH]c(=O)nc2ccccc12. The molecule has 1 aromatic carbocycles. The summed E-state index contributed by atoms with van der Waals surface area (Å²) in [7, 11) is 0. The first kappa shape index (κ1) is 11.2. The van der Waals surface area contributed by atoms with Gasteiger partial charge in [0.1, 0.15) is 0 Å². The van der Waals surface area contributed by atoms with E-state index in [2.05, 4.69) is 32.7 Å². The van der Waals surface area contributed by atoms with Gasteiger partial charge in [0.25, 0.3) is 0 Å². The lowest BCUT2D eigenvalue weighted by Gasteiger charge is -2.00. The van der Waals surface area contributed by atoms with Crippen molar-refractivity contribution in [1.29, 1.82) is 0 Å². The predicted octanol–water partition coefficient (Wildman–Crippen LogP) is 0.0902. The molecule has 0 saturated heterocycles. The van der Waals surface area contributed by atoms with Crippen molar-refractivity contribution in [2.45, 2.75) is 0 Å². The molecule has 0 atom stereocenters. The second kappa shape index (κ2) is 4.71. The standard InChI is InChI=1S/C10H9N5OS/c11-9(17)15-12-5-8-6-3-1-2-4-7(6)13-10(16)14-8/h1-5H,(H3,11,15,17)(H,13,14,16). The van der Waals surface area contributed by atoms with Gasteiger partial charge in [0.2, 0.25) is 0 Å². The van der Waals surface area contributed by atoms with Crippen molar-refractivity contribution < 1.29 is 0 Å². The minimum absolute atomic E-state index is 0.0574. The van der Waals surface area contributed by atoms with E-state index in [0.717, 1.165) is 5.39 Å². The molecule has 2 rings (SSSR count). The summed E-state index contributed by atoms with van der Waals surface area (Å²) in [6.45, 7) is 0. The fourth-order valence-electron chi connectivity index (χ4n) is 1.38. The van der Waals surface area contributed by atoms with Gasteiger partial charge in [0.15, 0.2) is 5.11 Å². The predicted molar refractivity (Wildman–Crippen MR) is 69.9 cm³/mol. The number of H-pyrrole nitrogens is 1. The Morgan fingerprint density at radius 3 is 3.06 bits per heavy atom. The molecule has 0 aliphatic carbocycles. The highest BCUT2D eigenvalue weighted by atomic mass is 32.1. The number of nitrogens with zero attached hydrogens (tertiary/aromatic N) is 2. The molecule has 1 aromatic heterocycles. The van der Waals surface area contributed by atoms with E-state index < -0.39 is 5.69 Å². The molecule has 0 aliphatic rings. The minimum atomic E-state index is -0.430. The van der Waals surface area contributed by atoms with Gasteiger partial charge >= 0.3 is 5.69 Å². The van der Waals surface area contributed by atoms with E-state index in [1.54, 1.807) is 6.07 Å². The highest BCUT2D eigenvalue weighted by Crippen LogP contribution is 2.10. The number of rotatable bonds is 2. The maximum Gasteiger partial charge on any atom is 0.346 e. The summed E-state index contributed by atoms with van der Waals surface area (Å²) >= 11 is 4.60. The number of thiocarbonyl (C=S) groups is 1. The first-order valence-electron chi connectivity index (χ1n) is 4.74. The maximum atomic E-state index is 11.3. The van der Waals surface area contributed by atoms with Crippen molar-refractivity contribution >= 4 is 34.4 Å². The fourth-order valence-corrected chi connectivity index (χ4v) is 1.43. The zero-order chi connectivity index (χ0) is 12.3. The van der Waals surface area contributed by atoms with Crippen LogP contribution in [0.1, 0.15) is 5.69 Å². The molecule has 0 spiro atoms. The molecule has 0 radical (unpaired) electrons. The third-order valence-corrected chi connectivity index (χ3v) is 2.12. The third kappa shape index (κ3) is 2.64. The molecule has 0 bridgehead atoms. The Kier molecular flexibility index (Phi) is 3.10. The molecule has 4 N–H and O–H groups in total. The molecule has 0 fully saturated rings. The van der Waals surface area contributed by atoms with Crippen LogP contribution in [-0.2, 0) is 0 Å². The summed E-state index contributed by atoms with van der Waals surface area (Å²) in [5.41, 5.74) is 8.36. The zero-order valence-corrected chi connectivity index (χ0v) is 9.49. The van der Waals surface area contributed by atoms with Crippen molar-refractivity contribution in [2.75, 3.05) is 0 Å². The fraction of sp³-hybridized carbons (Fsp3) is 0. The van der Waals surface area contributed by atoms with Gasteiger partial charge in [-0.05, 0) is 18.3 Å². The largest absolute Gasteiger partial charge is 0.375 e. The Labute approximate surface area is 102 Å². The van der Waals surface area contributed by atoms with Gasteiger partial charge in [-0.3, -0.25) is 5.43 Å². The third-order valence-electron chi connectivity index (χ3n) is 2.03. The monoisotopic (exact) mass is 247 g/mol. The second-order valence-electron chi connectivity index (χ2n) is 3.21. The first-order valence-corrected chi connectivity index (χ1v) is 5.15. The summed E-state index contributed by atoms with van der Waals surface area (Å²) in [6.07, 6.45) is 1.44. The molecule has 7 heteroatoms. The molecule has 2 aromatic rings. The van der Waals surface area contributed by atoms with E-state index in [1.165, 1.54) is 6.21 Å². The van der Waals surface area contributed by atoms with Crippen LogP contribution in [0.2, 0.25) is 0 Å². The molecule has 0 aliphatic heterocycles. The number of benzene rings is 1. The van der Waals surface area contributed by atoms with Gasteiger partial charge < -0.3 is 10.7 Å². The van der Waals surface area contributed by atoms with Gasteiger partial charge in [0, 0.05) is 5.39 Å². The van der Waals surface area contributed by atoms with E-state index in [0.29, 0.717) is 11.2 Å². The average Bonchev–Trinajstić information content (AvgIpc) is 2.28. The molecule has 6 nitrogen and oxygen atoms in total. The molecule has 0 amide bonds. The molecule has 1 heterocycles. The van der Waals surface area contributed by atoms with Gasteiger partial charge in [-0.1, -0.05) is 18.2 Å². The van der Waals surface area contributed by atoms with Crippen LogP contribution >= 0.6 is 12.2 Å². The van der Waals surface area contributed by atoms with Crippen molar-refractivity contribution in [2.24, 2.45) is 10.8 Å². The summed E-state index contributed by atoms with van der Waals surface area (Å²) in [5, 5.41) is 4.64. The summed E-state index contributed by atoms with van der Waals surface area (Å²) < 4.78 is 0.